The first kappa shape index (κ1) is 35.2. The van der Waals surface area contributed by atoms with Crippen LogP contribution in [-0.4, -0.2) is 11.7 Å². The van der Waals surface area contributed by atoms with E-state index in [1.165, 1.54) is 70.8 Å². The van der Waals surface area contributed by atoms with Crippen molar-refractivity contribution in [3.63, 3.8) is 0 Å². The number of hydrogen-bond acceptors (Lipinski definition) is 4. The summed E-state index contributed by atoms with van der Waals surface area (Å²) in [5, 5.41) is 6.40. The Labute approximate surface area is 322 Å². The first-order valence-electron chi connectivity index (χ1n) is 19.1. The Kier molecular flexibility index (Phi) is 10.2. The molecule has 1 aromatic heterocycles. The van der Waals surface area contributed by atoms with Gasteiger partial charge in [-0.2, -0.15) is 0 Å². The Morgan fingerprint density at radius 3 is 2.06 bits per heavy atom. The average Bonchev–Trinajstić information content (AvgIpc) is 3.61. The lowest BCUT2D eigenvalue weighted by atomic mass is 9.88. The third-order valence-electron chi connectivity index (χ3n) is 10.2. The van der Waals surface area contributed by atoms with Gasteiger partial charge in [0.1, 0.15) is 12.0 Å². The molecule has 3 nitrogen and oxygen atoms in total. The quantitative estimate of drug-likeness (QED) is 0.183. The van der Waals surface area contributed by atoms with Crippen LogP contribution in [0.5, 0.6) is 0 Å². The highest BCUT2D eigenvalue weighted by molar-refractivity contribution is 7.17. The largest absolute Gasteiger partial charge is 0.344 e. The lowest BCUT2D eigenvalue weighted by Gasteiger charge is -2.24. The van der Waals surface area contributed by atoms with E-state index in [1.807, 2.05) is 23.5 Å². The van der Waals surface area contributed by atoms with E-state index >= 15 is 0 Å². The number of rotatable bonds is 6. The van der Waals surface area contributed by atoms with E-state index in [0.717, 1.165) is 41.2 Å². The fourth-order valence-corrected chi connectivity index (χ4v) is 8.86. The lowest BCUT2D eigenvalue weighted by Crippen LogP contribution is -2.33. The number of amidine groups is 2. The van der Waals surface area contributed by atoms with Crippen molar-refractivity contribution >= 4 is 44.7 Å². The molecule has 1 N–H and O–H groups in total. The number of fused-ring (bicyclic) bond motifs is 3. The van der Waals surface area contributed by atoms with Crippen molar-refractivity contribution < 1.29 is 0 Å². The SMILES string of the molecule is CCC.Cc1cc(C2=NC(c3ccccc3)NC(c3ccc(-c4ccccc4)cc3)=N2)ccc1-c1cccc(C2=c3sc4ccccc4c3=CCC2)c1C. The van der Waals surface area contributed by atoms with E-state index in [-0.39, 0.29) is 6.17 Å². The number of benzene rings is 6. The molecule has 2 aliphatic rings. The van der Waals surface area contributed by atoms with Crippen molar-refractivity contribution in [2.75, 3.05) is 0 Å². The Morgan fingerprint density at radius 2 is 1.30 bits per heavy atom. The van der Waals surface area contributed by atoms with Crippen molar-refractivity contribution in [1.82, 2.24) is 5.32 Å². The van der Waals surface area contributed by atoms with Gasteiger partial charge < -0.3 is 5.32 Å². The molecule has 0 spiro atoms. The normalized spacial score (nSPS) is 14.9. The summed E-state index contributed by atoms with van der Waals surface area (Å²) in [5.41, 5.74) is 13.4. The Balaban J connectivity index is 0.00000134. The van der Waals surface area contributed by atoms with Crippen LogP contribution in [0.2, 0.25) is 0 Å². The number of hydrogen-bond donors (Lipinski definition) is 1. The zero-order valence-electron chi connectivity index (χ0n) is 31.4. The highest BCUT2D eigenvalue weighted by Gasteiger charge is 2.22. The third-order valence-corrected chi connectivity index (χ3v) is 11.5. The number of thiophene rings is 1. The minimum absolute atomic E-state index is 0.245. The Bertz CT molecular complexity index is 2630. The lowest BCUT2D eigenvalue weighted by molar-refractivity contribution is 0.674. The summed E-state index contributed by atoms with van der Waals surface area (Å²) in [6.07, 6.45) is 5.57. The molecule has 0 radical (unpaired) electrons. The van der Waals surface area contributed by atoms with Crippen LogP contribution in [-0.2, 0) is 0 Å². The van der Waals surface area contributed by atoms with Gasteiger partial charge in [0.2, 0.25) is 0 Å². The van der Waals surface area contributed by atoms with Gasteiger partial charge in [-0.3, -0.25) is 0 Å². The number of aryl methyl sites for hydroxylation is 1. The van der Waals surface area contributed by atoms with Gasteiger partial charge in [-0.15, -0.1) is 11.3 Å². The van der Waals surface area contributed by atoms with Crippen LogP contribution in [0.25, 0.3) is 44.0 Å². The Morgan fingerprint density at radius 1 is 0.648 bits per heavy atom. The summed E-state index contributed by atoms with van der Waals surface area (Å²) >= 11 is 1.93. The molecule has 4 heteroatoms. The molecule has 6 aromatic carbocycles. The summed E-state index contributed by atoms with van der Waals surface area (Å²) in [7, 11) is 0. The topological polar surface area (TPSA) is 36.8 Å². The van der Waals surface area contributed by atoms with Crippen LogP contribution < -0.4 is 15.1 Å². The second-order valence-electron chi connectivity index (χ2n) is 14.1. The molecular weight excluding hydrogens is 675 g/mol. The van der Waals surface area contributed by atoms with Gasteiger partial charge in [0.25, 0.3) is 0 Å². The van der Waals surface area contributed by atoms with Crippen LogP contribution in [0, 0.1) is 13.8 Å². The maximum Gasteiger partial charge on any atom is 0.159 e. The molecule has 1 aliphatic heterocycles. The smallest absolute Gasteiger partial charge is 0.159 e. The number of aliphatic imine (C=N–C) groups is 2. The van der Waals surface area contributed by atoms with E-state index in [4.69, 9.17) is 9.98 Å². The molecule has 0 saturated heterocycles. The molecule has 0 saturated carbocycles. The van der Waals surface area contributed by atoms with Gasteiger partial charge >= 0.3 is 0 Å². The van der Waals surface area contributed by atoms with E-state index in [1.54, 1.807) is 0 Å². The van der Waals surface area contributed by atoms with Crippen LogP contribution in [0.15, 0.2) is 156 Å². The summed E-state index contributed by atoms with van der Waals surface area (Å²) in [6, 6.07) is 51.8. The average molecular weight is 720 g/mol. The molecular formula is C50H45N3S. The van der Waals surface area contributed by atoms with Crippen molar-refractivity contribution in [3.8, 4) is 22.3 Å². The van der Waals surface area contributed by atoms with Crippen LogP contribution in [0.1, 0.15) is 72.7 Å². The molecule has 0 bridgehead atoms. The highest BCUT2D eigenvalue weighted by Crippen LogP contribution is 2.34. The summed E-state index contributed by atoms with van der Waals surface area (Å²) in [5.74, 6) is 1.55. The summed E-state index contributed by atoms with van der Waals surface area (Å²) in [4.78, 5) is 10.3. The fraction of sp³-hybridized carbons (Fsp3) is 0.160. The van der Waals surface area contributed by atoms with E-state index in [9.17, 15) is 0 Å². The van der Waals surface area contributed by atoms with Crippen molar-refractivity contribution in [2.24, 2.45) is 9.98 Å². The maximum atomic E-state index is 5.15. The van der Waals surface area contributed by atoms with Crippen LogP contribution in [0.4, 0.5) is 0 Å². The Hall–Kier alpha value is -5.84. The van der Waals surface area contributed by atoms with Crippen LogP contribution >= 0.6 is 11.3 Å². The van der Waals surface area contributed by atoms with E-state index in [0.29, 0.717) is 0 Å². The van der Waals surface area contributed by atoms with Crippen molar-refractivity contribution in [1.29, 1.82) is 0 Å². The van der Waals surface area contributed by atoms with E-state index in [2.05, 4.69) is 173 Å². The number of nitrogens with one attached hydrogen (secondary N) is 1. The van der Waals surface area contributed by atoms with Gasteiger partial charge in [0, 0.05) is 20.4 Å². The molecule has 1 aliphatic carbocycles. The fourth-order valence-electron chi connectivity index (χ4n) is 7.57. The van der Waals surface area contributed by atoms with E-state index < -0.39 is 0 Å². The molecule has 0 amide bonds. The zero-order chi connectivity index (χ0) is 37.0. The maximum absolute atomic E-state index is 5.15. The van der Waals surface area contributed by atoms with Crippen LogP contribution in [0.3, 0.4) is 0 Å². The second kappa shape index (κ2) is 15.6. The standard InChI is InChI=1S/C47H37N3S.C3H8/c1-30-29-36(27-28-37(30)38-18-11-19-39(31(38)2)41-20-12-21-42-40-17-9-10-22-43(40)51-44(41)42)47-49-45(34-15-7-4-8-16-34)48-46(50-47)35-25-23-33(24-26-35)32-13-5-3-6-14-32;1-3-2/h3-11,13-19,21-29,45H,12,20H2,1-2H3,(H,48,49,50);3H2,1-2H3. The molecule has 1 unspecified atom stereocenters. The molecule has 54 heavy (non-hydrogen) atoms. The third kappa shape index (κ3) is 6.98. The molecule has 266 valence electrons. The number of nitrogens with zero attached hydrogens (tertiary/aromatic N) is 2. The van der Waals surface area contributed by atoms with Gasteiger partial charge in [0.15, 0.2) is 5.84 Å². The van der Waals surface area contributed by atoms with Gasteiger partial charge in [-0.25, -0.2) is 9.98 Å². The van der Waals surface area contributed by atoms with Gasteiger partial charge in [-0.05, 0) is 99.5 Å². The predicted octanol–water partition coefficient (Wildman–Crippen LogP) is 11.5. The summed E-state index contributed by atoms with van der Waals surface area (Å²) in [6.45, 7) is 8.75. The monoisotopic (exact) mass is 719 g/mol. The molecule has 9 rings (SSSR count). The minimum Gasteiger partial charge on any atom is -0.344 e. The summed E-state index contributed by atoms with van der Waals surface area (Å²) < 4.78 is 2.79. The van der Waals surface area contributed by atoms with Crippen molar-refractivity contribution in [2.45, 2.75) is 53.1 Å². The molecule has 2 heterocycles. The van der Waals surface area contributed by atoms with Crippen molar-refractivity contribution in [3.05, 3.63) is 189 Å². The zero-order valence-corrected chi connectivity index (χ0v) is 32.3. The second-order valence-corrected chi connectivity index (χ2v) is 15.1. The predicted molar refractivity (Wildman–Crippen MR) is 232 cm³/mol. The highest BCUT2D eigenvalue weighted by atomic mass is 32.1. The van der Waals surface area contributed by atoms with Gasteiger partial charge in [-0.1, -0.05) is 160 Å². The molecule has 7 aromatic rings. The molecule has 0 fully saturated rings. The molecule has 1 atom stereocenters. The first-order chi connectivity index (χ1) is 26.5. The minimum atomic E-state index is -0.245. The van der Waals surface area contributed by atoms with Gasteiger partial charge in [0.05, 0.1) is 0 Å². The first-order valence-corrected chi connectivity index (χ1v) is 19.9.